The summed E-state index contributed by atoms with van der Waals surface area (Å²) in [7, 11) is 2.47. The monoisotopic (exact) mass is 552 g/mol. The van der Waals surface area contributed by atoms with Crippen LogP contribution in [-0.2, 0) is 0 Å². The fraction of sp³-hybridized carbons (Fsp3) is 1.00. The second-order valence-electron chi connectivity index (χ2n) is 14.6. The van der Waals surface area contributed by atoms with Crippen molar-refractivity contribution in [2.45, 2.75) is 122 Å². The van der Waals surface area contributed by atoms with Crippen molar-refractivity contribution in [3.8, 4) is 0 Å². The number of piperidine rings is 2. The van der Waals surface area contributed by atoms with Crippen molar-refractivity contribution in [1.82, 2.24) is 4.90 Å². The highest BCUT2D eigenvalue weighted by Gasteiger charge is 2.65. The smallest absolute Gasteiger partial charge is 0.116 e. The van der Waals surface area contributed by atoms with Crippen molar-refractivity contribution in [3.63, 3.8) is 0 Å². The van der Waals surface area contributed by atoms with Crippen LogP contribution in [0.5, 0.6) is 0 Å². The lowest BCUT2D eigenvalue weighted by Gasteiger charge is -2.62. The average Bonchev–Trinajstić information content (AvgIpc) is 3.12. The molecule has 4 saturated carbocycles. The first kappa shape index (κ1) is 26.9. The van der Waals surface area contributed by atoms with Gasteiger partial charge in [0.05, 0.1) is 26.2 Å². The van der Waals surface area contributed by atoms with E-state index in [4.69, 9.17) is 0 Å². The topological polar surface area (TPSA) is 43.7 Å². The molecular weight excluding hydrogens is 500 g/mol. The molecule has 10 atom stereocenters. The van der Waals surface area contributed by atoms with Crippen LogP contribution in [0.1, 0.15) is 97.3 Å². The molecule has 6 fully saturated rings. The Morgan fingerprint density at radius 2 is 1.49 bits per heavy atom. The van der Waals surface area contributed by atoms with Gasteiger partial charge in [0.1, 0.15) is 12.1 Å². The Hall–Kier alpha value is 0.320. The number of rotatable bonds is 2. The number of halogens is 1. The molecule has 0 aromatic rings. The molecule has 0 aromatic heterocycles. The van der Waals surface area contributed by atoms with Crippen molar-refractivity contribution in [3.05, 3.63) is 0 Å². The number of quaternary nitrogens is 1. The standard InChI is InChI=1S/C30H53N2O2.BrH/c1-29-13-12-23-22(24(29)19-26(28(29)34)32(3)16-8-5-9-17-32)11-10-21-18-27(33)25(20-30(21,23)2)31-14-6-4-7-15-31;/h21-28,33-34H,4-20H2,1-3H3;1H/q+1;/p-1/t21-,22+,23-,24-,25-,26-,27-,28-,29-,30-;/m0./s1. The Morgan fingerprint density at radius 3 is 2.20 bits per heavy atom. The summed E-state index contributed by atoms with van der Waals surface area (Å²) in [6.07, 6.45) is 16.5. The average molecular weight is 554 g/mol. The predicted octanol–water partition coefficient (Wildman–Crippen LogP) is 1.83. The van der Waals surface area contributed by atoms with E-state index in [0.29, 0.717) is 29.3 Å². The molecule has 4 aliphatic carbocycles. The molecule has 2 heterocycles. The largest absolute Gasteiger partial charge is 1.00 e. The van der Waals surface area contributed by atoms with Crippen molar-refractivity contribution in [2.24, 2.45) is 34.5 Å². The van der Waals surface area contributed by atoms with E-state index in [-0.39, 0.29) is 34.6 Å². The minimum Gasteiger partial charge on any atom is -1.00 e. The number of aliphatic hydroxyl groups is 2. The number of likely N-dealkylation sites (tertiary alicyclic amines) is 2. The number of hydrogen-bond donors (Lipinski definition) is 2. The summed E-state index contributed by atoms with van der Waals surface area (Å²) in [6, 6.07) is 0.835. The van der Waals surface area contributed by atoms with Crippen molar-refractivity contribution in [2.75, 3.05) is 33.2 Å². The Morgan fingerprint density at radius 1 is 0.800 bits per heavy atom. The lowest BCUT2D eigenvalue weighted by molar-refractivity contribution is -0.940. The molecule has 35 heavy (non-hydrogen) atoms. The van der Waals surface area contributed by atoms with E-state index in [2.05, 4.69) is 25.8 Å². The molecule has 2 saturated heterocycles. The van der Waals surface area contributed by atoms with Gasteiger partial charge in [0, 0.05) is 17.9 Å². The molecule has 2 N–H and O–H groups in total. The molecule has 0 spiro atoms. The molecule has 0 aromatic carbocycles. The fourth-order valence-electron chi connectivity index (χ4n) is 11.0. The maximum Gasteiger partial charge on any atom is 0.116 e. The second-order valence-corrected chi connectivity index (χ2v) is 14.6. The van der Waals surface area contributed by atoms with E-state index in [9.17, 15) is 10.2 Å². The van der Waals surface area contributed by atoms with Gasteiger partial charge in [0.25, 0.3) is 0 Å². The van der Waals surface area contributed by atoms with Crippen LogP contribution in [0, 0.1) is 34.5 Å². The van der Waals surface area contributed by atoms with Crippen LogP contribution in [0.25, 0.3) is 0 Å². The Kier molecular flexibility index (Phi) is 7.54. The number of aliphatic hydroxyl groups excluding tert-OH is 2. The number of likely N-dealkylation sites (N-methyl/N-ethyl adjacent to an activating group) is 1. The summed E-state index contributed by atoms with van der Waals surface area (Å²) in [5.74, 6) is 2.97. The SMILES string of the molecule is C[C@]12C[C@H](N3CCCCC3)[C@@H](O)C[C@@H]1CC[C@@H]1[C@@H]2CC[C@]2(C)[C@@H](O)[C@@H]([N+]3(C)CCCCC3)C[C@@H]12.[Br-]. The fourth-order valence-corrected chi connectivity index (χ4v) is 11.0. The molecule has 2 aliphatic heterocycles. The molecule has 0 bridgehead atoms. The van der Waals surface area contributed by atoms with Gasteiger partial charge in [-0.2, -0.15) is 0 Å². The molecule has 6 rings (SSSR count). The van der Waals surface area contributed by atoms with Gasteiger partial charge < -0.3 is 31.7 Å². The summed E-state index contributed by atoms with van der Waals surface area (Å²) in [6.45, 7) is 10.1. The minimum atomic E-state index is -0.124. The molecule has 5 heteroatoms. The Balaban J connectivity index is 0.00000253. The number of fused-ring (bicyclic) bond motifs is 5. The molecule has 0 radical (unpaired) electrons. The molecule has 0 unspecified atom stereocenters. The number of nitrogens with zero attached hydrogens (tertiary/aromatic N) is 2. The van der Waals surface area contributed by atoms with Crippen LogP contribution in [0.15, 0.2) is 0 Å². The minimum absolute atomic E-state index is 0. The maximum absolute atomic E-state index is 11.8. The summed E-state index contributed by atoms with van der Waals surface area (Å²) >= 11 is 0. The summed E-state index contributed by atoms with van der Waals surface area (Å²) in [5, 5.41) is 23.1. The third kappa shape index (κ3) is 4.21. The van der Waals surface area contributed by atoms with Gasteiger partial charge in [-0.1, -0.05) is 20.3 Å². The van der Waals surface area contributed by atoms with Crippen LogP contribution in [-0.4, -0.2) is 77.1 Å². The van der Waals surface area contributed by atoms with Crippen LogP contribution in [0.4, 0.5) is 0 Å². The predicted molar refractivity (Wildman–Crippen MR) is 137 cm³/mol. The lowest BCUT2D eigenvalue weighted by atomic mass is 9.44. The van der Waals surface area contributed by atoms with E-state index in [1.807, 2.05) is 0 Å². The highest BCUT2D eigenvalue weighted by atomic mass is 79.9. The quantitative estimate of drug-likeness (QED) is 0.513. The van der Waals surface area contributed by atoms with E-state index in [1.165, 1.54) is 103 Å². The zero-order valence-corrected chi connectivity index (χ0v) is 24.4. The van der Waals surface area contributed by atoms with Crippen molar-refractivity contribution in [1.29, 1.82) is 0 Å². The van der Waals surface area contributed by atoms with Crippen LogP contribution in [0.3, 0.4) is 0 Å². The highest BCUT2D eigenvalue weighted by Crippen LogP contribution is 2.67. The van der Waals surface area contributed by atoms with Gasteiger partial charge >= 0.3 is 0 Å². The molecule has 0 amide bonds. The van der Waals surface area contributed by atoms with Gasteiger partial charge in [-0.15, -0.1) is 0 Å². The van der Waals surface area contributed by atoms with Crippen LogP contribution >= 0.6 is 0 Å². The zero-order chi connectivity index (χ0) is 23.7. The second kappa shape index (κ2) is 9.81. The number of hydrogen-bond acceptors (Lipinski definition) is 3. The molecule has 6 aliphatic rings. The Bertz CT molecular complexity index is 753. The highest BCUT2D eigenvalue weighted by molar-refractivity contribution is 5.13. The van der Waals surface area contributed by atoms with Crippen LogP contribution in [0.2, 0.25) is 0 Å². The Labute approximate surface area is 225 Å². The summed E-state index contributed by atoms with van der Waals surface area (Å²) in [4.78, 5) is 2.67. The first-order valence-electron chi connectivity index (χ1n) is 15.2. The lowest BCUT2D eigenvalue weighted by Crippen LogP contribution is -3.00. The van der Waals surface area contributed by atoms with E-state index in [0.717, 1.165) is 22.7 Å². The first-order chi connectivity index (χ1) is 16.3. The van der Waals surface area contributed by atoms with Crippen molar-refractivity contribution < 1.29 is 31.7 Å². The van der Waals surface area contributed by atoms with Gasteiger partial charge in [0.15, 0.2) is 0 Å². The third-order valence-electron chi connectivity index (χ3n) is 13.2. The normalized spacial score (nSPS) is 52.0. The molecular formula is C30H53BrN2O2. The van der Waals surface area contributed by atoms with E-state index >= 15 is 0 Å². The van der Waals surface area contributed by atoms with E-state index in [1.54, 1.807) is 0 Å². The van der Waals surface area contributed by atoms with E-state index < -0.39 is 0 Å². The summed E-state index contributed by atoms with van der Waals surface area (Å²) < 4.78 is 1.13. The molecule has 202 valence electrons. The third-order valence-corrected chi connectivity index (χ3v) is 13.2. The van der Waals surface area contributed by atoms with Crippen LogP contribution < -0.4 is 17.0 Å². The maximum atomic E-state index is 11.8. The first-order valence-corrected chi connectivity index (χ1v) is 15.2. The van der Waals surface area contributed by atoms with Gasteiger partial charge in [-0.05, 0) is 113 Å². The van der Waals surface area contributed by atoms with Gasteiger partial charge in [0.2, 0.25) is 0 Å². The molecule has 4 nitrogen and oxygen atoms in total. The van der Waals surface area contributed by atoms with Gasteiger partial charge in [-0.3, -0.25) is 4.90 Å². The van der Waals surface area contributed by atoms with Gasteiger partial charge in [-0.25, -0.2) is 0 Å². The zero-order valence-electron chi connectivity index (χ0n) is 22.8. The van der Waals surface area contributed by atoms with Crippen molar-refractivity contribution >= 4 is 0 Å². The summed E-state index contributed by atoms with van der Waals surface area (Å²) in [5.41, 5.74) is 0.492.